The Balaban J connectivity index is 0. The Bertz CT molecular complexity index is 15.5. The summed E-state index contributed by atoms with van der Waals surface area (Å²) in [7, 11) is 0. The smallest absolute Gasteiger partial charge is 0 e. The van der Waals surface area contributed by atoms with Crippen molar-refractivity contribution < 1.29 is 36.5 Å². The first-order valence-corrected chi connectivity index (χ1v) is 0. The molecule has 0 saturated carbocycles. The van der Waals surface area contributed by atoms with Gasteiger partial charge < -0.3 is 0 Å². The van der Waals surface area contributed by atoms with Gasteiger partial charge in [-0.25, -0.2) is 0 Å². The second kappa shape index (κ2) is 35.0. The van der Waals surface area contributed by atoms with Gasteiger partial charge in [-0.15, -0.1) is 0 Å². The van der Waals surface area contributed by atoms with Crippen LogP contribution in [0.4, 0.5) is 0 Å². The molecule has 0 rings (SSSR count). The summed E-state index contributed by atoms with van der Waals surface area (Å²) < 4.78 is 0. The molecule has 0 spiro atoms. The average molecular weight is 614 g/mol. The Morgan fingerprint density at radius 2 is 1.00 bits per heavy atom. The van der Waals surface area contributed by atoms with Crippen molar-refractivity contribution >= 4 is 93.0 Å². The van der Waals surface area contributed by atoms with Gasteiger partial charge in [0.2, 0.25) is 0 Å². The summed E-state index contributed by atoms with van der Waals surface area (Å²) >= 11 is 0. The fourth-order valence-electron chi connectivity index (χ4n) is 0. The maximum Gasteiger partial charge on any atom is 0 e. The Labute approximate surface area is 127 Å². The van der Waals surface area contributed by atoms with Gasteiger partial charge in [0.1, 0.15) is 0 Å². The summed E-state index contributed by atoms with van der Waals surface area (Å²) in [6.07, 6.45) is 0. The molecule has 0 amide bonds. The van der Waals surface area contributed by atoms with Crippen LogP contribution in [0.5, 0.6) is 0 Å². The fourth-order valence-corrected chi connectivity index (χ4v) is 0. The van der Waals surface area contributed by atoms with Crippen LogP contribution in [0.25, 0.3) is 0 Å². The van der Waals surface area contributed by atoms with Gasteiger partial charge in [-0.1, -0.05) is 0 Å². The molecule has 0 aliphatic carbocycles. The van der Waals surface area contributed by atoms with Crippen molar-refractivity contribution in [3.05, 3.63) is 0 Å². The number of hydrogen-bond acceptors (Lipinski definition) is 0. The molecule has 0 fully saturated rings. The van der Waals surface area contributed by atoms with Gasteiger partial charge in [0.25, 0.3) is 0 Å². The van der Waals surface area contributed by atoms with Crippen LogP contribution in [0.3, 0.4) is 0 Å². The molecular formula is H10AlCuPbSbSnZn. The predicted molar refractivity (Wildman–Crippen MR) is 37.0 cm³/mol. The zero-order valence-electron chi connectivity index (χ0n) is 3.13. The molecule has 0 saturated heterocycles. The van der Waals surface area contributed by atoms with Crippen LogP contribution >= 0.6 is 0 Å². The third kappa shape index (κ3) is 24.1. The minimum atomic E-state index is 0. The van der Waals surface area contributed by atoms with E-state index in [0.717, 1.165) is 0 Å². The molecule has 0 heterocycles. The molecule has 0 N–H and O–H groups in total. The van der Waals surface area contributed by atoms with Crippen LogP contribution in [0.15, 0.2) is 0 Å². The summed E-state index contributed by atoms with van der Waals surface area (Å²) in [5, 5.41) is 0. The van der Waals surface area contributed by atoms with E-state index in [1.165, 1.54) is 0 Å². The van der Waals surface area contributed by atoms with Crippen LogP contribution in [0.2, 0.25) is 0 Å². The Morgan fingerprint density at radius 1 is 1.00 bits per heavy atom. The summed E-state index contributed by atoms with van der Waals surface area (Å²) in [5.41, 5.74) is 0. The Hall–Kier alpha value is 4.21. The predicted octanol–water partition coefficient (Wildman–Crippen LogP) is -4.21. The van der Waals surface area contributed by atoms with E-state index in [0.29, 0.717) is 0 Å². The Morgan fingerprint density at radius 3 is 1.00 bits per heavy atom. The van der Waals surface area contributed by atoms with Gasteiger partial charge in [0.05, 0.1) is 0 Å². The second-order valence-electron chi connectivity index (χ2n) is 0. The largest absolute Gasteiger partial charge is 0 e. The molecule has 5 radical (unpaired) electrons. The molecule has 6 heteroatoms. The SMILES string of the molecule is [AlH3].[Cu].[PbH2].[SbH3].[SnH2].[Zn]. The van der Waals surface area contributed by atoms with Crippen molar-refractivity contribution in [2.75, 3.05) is 0 Å². The van der Waals surface area contributed by atoms with E-state index in [-0.39, 0.29) is 130 Å². The molecule has 0 aliphatic heterocycles. The van der Waals surface area contributed by atoms with E-state index in [1.807, 2.05) is 0 Å². The summed E-state index contributed by atoms with van der Waals surface area (Å²) in [4.78, 5) is 0. The van der Waals surface area contributed by atoms with Crippen molar-refractivity contribution in [1.29, 1.82) is 0 Å². The van der Waals surface area contributed by atoms with Crippen molar-refractivity contribution in [2.24, 2.45) is 0 Å². The van der Waals surface area contributed by atoms with E-state index >= 15 is 0 Å². The van der Waals surface area contributed by atoms with E-state index in [2.05, 4.69) is 0 Å². The van der Waals surface area contributed by atoms with Gasteiger partial charge in [0, 0.05) is 36.5 Å². The maximum atomic E-state index is 0. The molecule has 6 heavy (non-hydrogen) atoms. The third-order valence-electron chi connectivity index (χ3n) is 0. The van der Waals surface area contributed by atoms with E-state index in [1.54, 1.807) is 0 Å². The van der Waals surface area contributed by atoms with Crippen LogP contribution in [0.1, 0.15) is 0 Å². The van der Waals surface area contributed by atoms with Gasteiger partial charge in [-0.05, 0) is 0 Å². The zero-order chi connectivity index (χ0) is 0. The summed E-state index contributed by atoms with van der Waals surface area (Å²) in [5.74, 6) is 0. The molecule has 0 nitrogen and oxygen atoms in total. The molecule has 39 valence electrons. The zero-order valence-corrected chi connectivity index (χ0v) is 20.6. The van der Waals surface area contributed by atoms with Crippen molar-refractivity contribution in [3.63, 3.8) is 0 Å². The molecule has 0 aromatic carbocycles. The standard InChI is InChI=1S/Al.Cu.Pb.Sb.Sn.Zn.10H. The van der Waals surface area contributed by atoms with E-state index in [9.17, 15) is 0 Å². The molecular weight excluding hydrogens is 604 g/mol. The quantitative estimate of drug-likeness (QED) is 0.244. The summed E-state index contributed by atoms with van der Waals surface area (Å²) in [6.45, 7) is 0. The molecule has 0 aromatic rings. The minimum absolute atomic E-state index is 0. The Kier molecular flexibility index (Phi) is 285. The van der Waals surface area contributed by atoms with E-state index < -0.39 is 0 Å². The first kappa shape index (κ1) is 48.8. The molecule has 0 unspecified atom stereocenters. The fraction of sp³-hybridized carbons (Fsp3) is 0. The van der Waals surface area contributed by atoms with Crippen molar-refractivity contribution in [1.82, 2.24) is 0 Å². The second-order valence-corrected chi connectivity index (χ2v) is 0. The molecule has 0 bridgehead atoms. The van der Waals surface area contributed by atoms with Crippen LogP contribution in [-0.4, -0.2) is 93.0 Å². The number of rotatable bonds is 0. The van der Waals surface area contributed by atoms with Crippen LogP contribution < -0.4 is 0 Å². The topological polar surface area (TPSA) is 0 Å². The van der Waals surface area contributed by atoms with Gasteiger partial charge in [0.15, 0.2) is 17.4 Å². The number of hydrogen-bond donors (Lipinski definition) is 0. The van der Waals surface area contributed by atoms with E-state index in [4.69, 9.17) is 0 Å². The maximum absolute atomic E-state index is 0. The average Bonchev–Trinajstić information content (AvgIpc) is 0. The van der Waals surface area contributed by atoms with Gasteiger partial charge in [-0.2, -0.15) is 0 Å². The third-order valence-corrected chi connectivity index (χ3v) is 0. The summed E-state index contributed by atoms with van der Waals surface area (Å²) in [6, 6.07) is 0. The first-order chi connectivity index (χ1) is 0. The first-order valence-electron chi connectivity index (χ1n) is 0. The minimum Gasteiger partial charge on any atom is 0 e. The molecule has 0 aliphatic rings. The van der Waals surface area contributed by atoms with Crippen molar-refractivity contribution in [3.8, 4) is 0 Å². The monoisotopic (exact) mass is 613 g/mol. The molecule has 0 atom stereocenters. The van der Waals surface area contributed by atoms with Crippen LogP contribution in [-0.2, 0) is 36.5 Å². The van der Waals surface area contributed by atoms with Crippen LogP contribution in [0, 0.1) is 0 Å². The van der Waals surface area contributed by atoms with Gasteiger partial charge in [-0.3, -0.25) is 0 Å². The normalized spacial score (nSPS) is 0. The van der Waals surface area contributed by atoms with Gasteiger partial charge >= 0.3 is 75.6 Å². The van der Waals surface area contributed by atoms with Crippen molar-refractivity contribution in [2.45, 2.75) is 0 Å². The molecule has 0 aromatic heterocycles.